The van der Waals surface area contributed by atoms with E-state index in [-0.39, 0.29) is 5.82 Å². The van der Waals surface area contributed by atoms with Gasteiger partial charge >= 0.3 is 0 Å². The Balaban J connectivity index is 1.55. The summed E-state index contributed by atoms with van der Waals surface area (Å²) in [6.45, 7) is 1.63. The highest BCUT2D eigenvalue weighted by Crippen LogP contribution is 2.27. The van der Waals surface area contributed by atoms with Gasteiger partial charge in [-0.1, -0.05) is 30.3 Å². The van der Waals surface area contributed by atoms with Gasteiger partial charge in [-0.25, -0.2) is 4.39 Å². The Bertz CT molecular complexity index is 555. The zero-order valence-electron chi connectivity index (χ0n) is 12.0. The zero-order valence-corrected chi connectivity index (χ0v) is 12.0. The Morgan fingerprint density at radius 2 is 1.81 bits per heavy atom. The van der Waals surface area contributed by atoms with Crippen molar-refractivity contribution in [3.8, 4) is 5.75 Å². The minimum atomic E-state index is -0.234. The number of hydrogen-bond acceptors (Lipinski definition) is 2. The summed E-state index contributed by atoms with van der Waals surface area (Å²) in [5.41, 5.74) is 1.41. The molecule has 3 rings (SSSR count). The van der Waals surface area contributed by atoms with E-state index in [4.69, 9.17) is 4.74 Å². The number of halogens is 1. The number of piperidine rings is 1. The fraction of sp³-hybridized carbons (Fsp3) is 0.333. The predicted octanol–water partition coefficient (Wildman–Crippen LogP) is 3.74. The highest BCUT2D eigenvalue weighted by molar-refractivity contribution is 5.23. The van der Waals surface area contributed by atoms with Gasteiger partial charge in [0, 0.05) is 6.04 Å². The quantitative estimate of drug-likeness (QED) is 0.924. The molecule has 1 aliphatic heterocycles. The SMILES string of the molecule is Fc1ccc(OC[C@@H]2C[C@@H](c3ccccc3)CCN2)cc1. The summed E-state index contributed by atoms with van der Waals surface area (Å²) >= 11 is 0. The maximum Gasteiger partial charge on any atom is 0.123 e. The topological polar surface area (TPSA) is 21.3 Å². The maximum absolute atomic E-state index is 12.9. The van der Waals surface area contributed by atoms with Gasteiger partial charge in [0.2, 0.25) is 0 Å². The molecule has 2 atom stereocenters. The van der Waals surface area contributed by atoms with Crippen molar-refractivity contribution in [2.24, 2.45) is 0 Å². The fourth-order valence-electron chi connectivity index (χ4n) is 2.89. The normalized spacial score (nSPS) is 22.0. The van der Waals surface area contributed by atoms with Gasteiger partial charge in [0.1, 0.15) is 18.2 Å². The van der Waals surface area contributed by atoms with Crippen LogP contribution in [0.25, 0.3) is 0 Å². The van der Waals surface area contributed by atoms with Gasteiger partial charge < -0.3 is 10.1 Å². The minimum Gasteiger partial charge on any atom is -0.492 e. The number of hydrogen-bond donors (Lipinski definition) is 1. The Morgan fingerprint density at radius 1 is 1.05 bits per heavy atom. The third-order valence-corrected chi connectivity index (χ3v) is 4.03. The molecule has 1 aliphatic rings. The van der Waals surface area contributed by atoms with Crippen LogP contribution in [0.3, 0.4) is 0 Å². The molecule has 1 heterocycles. The van der Waals surface area contributed by atoms with E-state index >= 15 is 0 Å². The van der Waals surface area contributed by atoms with Crippen LogP contribution in [-0.2, 0) is 0 Å². The molecule has 2 aromatic rings. The molecule has 3 heteroatoms. The number of ether oxygens (including phenoxy) is 1. The van der Waals surface area contributed by atoms with Crippen LogP contribution in [0.1, 0.15) is 24.3 Å². The summed E-state index contributed by atoms with van der Waals surface area (Å²) in [6, 6.07) is 17.2. The second-order valence-corrected chi connectivity index (χ2v) is 5.55. The van der Waals surface area contributed by atoms with Crippen molar-refractivity contribution in [2.75, 3.05) is 13.2 Å². The summed E-state index contributed by atoms with van der Waals surface area (Å²) in [4.78, 5) is 0. The van der Waals surface area contributed by atoms with Crippen LogP contribution in [0.15, 0.2) is 54.6 Å². The number of benzene rings is 2. The molecular formula is C18H20FNO. The Kier molecular flexibility index (Phi) is 4.51. The first-order chi connectivity index (χ1) is 10.3. The molecule has 2 nitrogen and oxygen atoms in total. The van der Waals surface area contributed by atoms with Crippen molar-refractivity contribution in [1.29, 1.82) is 0 Å². The molecule has 0 unspecified atom stereocenters. The summed E-state index contributed by atoms with van der Waals surface area (Å²) < 4.78 is 18.6. The average Bonchev–Trinajstić information content (AvgIpc) is 2.55. The summed E-state index contributed by atoms with van der Waals surface area (Å²) in [5.74, 6) is 1.08. The lowest BCUT2D eigenvalue weighted by Gasteiger charge is -2.30. The number of nitrogens with one attached hydrogen (secondary N) is 1. The third kappa shape index (κ3) is 3.82. The van der Waals surface area contributed by atoms with Crippen molar-refractivity contribution in [1.82, 2.24) is 5.32 Å². The molecule has 0 amide bonds. The van der Waals surface area contributed by atoms with Crippen LogP contribution >= 0.6 is 0 Å². The monoisotopic (exact) mass is 285 g/mol. The van der Waals surface area contributed by atoms with Gasteiger partial charge in [0.15, 0.2) is 0 Å². The smallest absolute Gasteiger partial charge is 0.123 e. The predicted molar refractivity (Wildman–Crippen MR) is 82.1 cm³/mol. The average molecular weight is 285 g/mol. The summed E-state index contributed by atoms with van der Waals surface area (Å²) in [6.07, 6.45) is 2.24. The van der Waals surface area contributed by atoms with Crippen LogP contribution in [0.5, 0.6) is 5.75 Å². The van der Waals surface area contributed by atoms with Crippen LogP contribution in [0.2, 0.25) is 0 Å². The van der Waals surface area contributed by atoms with Crippen molar-refractivity contribution in [3.63, 3.8) is 0 Å². The first kappa shape index (κ1) is 14.1. The lowest BCUT2D eigenvalue weighted by atomic mass is 9.87. The second-order valence-electron chi connectivity index (χ2n) is 5.55. The zero-order chi connectivity index (χ0) is 14.5. The molecule has 1 fully saturated rings. The Morgan fingerprint density at radius 3 is 2.57 bits per heavy atom. The van der Waals surface area contributed by atoms with E-state index in [1.54, 1.807) is 12.1 Å². The van der Waals surface area contributed by atoms with E-state index in [9.17, 15) is 4.39 Å². The van der Waals surface area contributed by atoms with Gasteiger partial charge in [-0.2, -0.15) is 0 Å². The molecule has 0 spiro atoms. The standard InChI is InChI=1S/C18H20FNO/c19-16-6-8-18(9-7-16)21-13-17-12-15(10-11-20-17)14-4-2-1-3-5-14/h1-9,15,17,20H,10-13H2/t15-,17-/m0/s1. The molecule has 1 N–H and O–H groups in total. The lowest BCUT2D eigenvalue weighted by Crippen LogP contribution is -2.41. The molecular weight excluding hydrogens is 265 g/mol. The minimum absolute atomic E-state index is 0.234. The van der Waals surface area contributed by atoms with Crippen molar-refractivity contribution in [3.05, 3.63) is 66.0 Å². The Hall–Kier alpha value is -1.87. The molecule has 1 saturated heterocycles. The van der Waals surface area contributed by atoms with Crippen molar-refractivity contribution in [2.45, 2.75) is 24.8 Å². The second kappa shape index (κ2) is 6.72. The van der Waals surface area contributed by atoms with E-state index in [1.165, 1.54) is 17.7 Å². The molecule has 110 valence electrons. The van der Waals surface area contributed by atoms with Crippen molar-refractivity contribution >= 4 is 0 Å². The van der Waals surface area contributed by atoms with Crippen LogP contribution in [-0.4, -0.2) is 19.2 Å². The van der Waals surface area contributed by atoms with Gasteiger partial charge in [-0.15, -0.1) is 0 Å². The lowest BCUT2D eigenvalue weighted by molar-refractivity contribution is 0.228. The van der Waals surface area contributed by atoms with Gasteiger partial charge in [-0.05, 0) is 55.1 Å². The molecule has 0 aromatic heterocycles. The fourth-order valence-corrected chi connectivity index (χ4v) is 2.89. The van der Waals surface area contributed by atoms with Crippen molar-refractivity contribution < 1.29 is 9.13 Å². The van der Waals surface area contributed by atoms with E-state index in [1.807, 2.05) is 0 Å². The largest absolute Gasteiger partial charge is 0.492 e. The van der Waals surface area contributed by atoms with Crippen LogP contribution < -0.4 is 10.1 Å². The summed E-state index contributed by atoms with van der Waals surface area (Å²) in [7, 11) is 0. The van der Waals surface area contributed by atoms with Gasteiger partial charge in [0.05, 0.1) is 0 Å². The maximum atomic E-state index is 12.9. The highest BCUT2D eigenvalue weighted by atomic mass is 19.1. The number of rotatable bonds is 4. The molecule has 0 bridgehead atoms. The van der Waals surface area contributed by atoms with E-state index in [0.29, 0.717) is 18.6 Å². The van der Waals surface area contributed by atoms with Crippen LogP contribution in [0.4, 0.5) is 4.39 Å². The van der Waals surface area contributed by atoms with E-state index in [0.717, 1.165) is 25.1 Å². The molecule has 0 saturated carbocycles. The van der Waals surface area contributed by atoms with Crippen LogP contribution in [0, 0.1) is 5.82 Å². The third-order valence-electron chi connectivity index (χ3n) is 4.03. The van der Waals surface area contributed by atoms with E-state index in [2.05, 4.69) is 35.6 Å². The Labute approximate surface area is 125 Å². The van der Waals surface area contributed by atoms with E-state index < -0.39 is 0 Å². The summed E-state index contributed by atoms with van der Waals surface area (Å²) in [5, 5.41) is 3.50. The molecule has 2 aromatic carbocycles. The van der Waals surface area contributed by atoms with Gasteiger partial charge in [-0.3, -0.25) is 0 Å². The molecule has 21 heavy (non-hydrogen) atoms. The highest BCUT2D eigenvalue weighted by Gasteiger charge is 2.23. The molecule has 0 aliphatic carbocycles. The first-order valence-electron chi connectivity index (χ1n) is 7.48. The van der Waals surface area contributed by atoms with Gasteiger partial charge in [0.25, 0.3) is 0 Å². The first-order valence-corrected chi connectivity index (χ1v) is 7.48. The molecule has 0 radical (unpaired) electrons.